The van der Waals surface area contributed by atoms with Crippen LogP contribution < -0.4 is 10.1 Å². The molecule has 0 saturated carbocycles. The van der Waals surface area contributed by atoms with Gasteiger partial charge in [-0.15, -0.1) is 10.2 Å². The summed E-state index contributed by atoms with van der Waals surface area (Å²) >= 11 is 0. The summed E-state index contributed by atoms with van der Waals surface area (Å²) in [6.07, 6.45) is -3.09. The van der Waals surface area contributed by atoms with Crippen LogP contribution >= 0.6 is 0 Å². The highest BCUT2D eigenvalue weighted by molar-refractivity contribution is 5.74. The fraction of sp³-hybridized carbons (Fsp3) is 0.167. The molecule has 0 unspecified atom stereocenters. The molecule has 0 amide bonds. The van der Waals surface area contributed by atoms with E-state index >= 15 is 0 Å². The Hall–Kier alpha value is -3.09. The van der Waals surface area contributed by atoms with Crippen LogP contribution in [0.2, 0.25) is 0 Å². The summed E-state index contributed by atoms with van der Waals surface area (Å²) in [5.41, 5.74) is 0.547. The van der Waals surface area contributed by atoms with Crippen LogP contribution in [0.15, 0.2) is 30.5 Å². The van der Waals surface area contributed by atoms with Gasteiger partial charge < -0.3 is 10.1 Å². The number of halogens is 3. The van der Waals surface area contributed by atoms with E-state index in [1.165, 1.54) is 24.4 Å². The summed E-state index contributed by atoms with van der Waals surface area (Å²) in [5, 5.41) is 24.6. The Morgan fingerprint density at radius 2 is 2.27 bits per heavy atom. The van der Waals surface area contributed by atoms with E-state index in [0.717, 1.165) is 0 Å². The van der Waals surface area contributed by atoms with E-state index in [-0.39, 0.29) is 17.1 Å². The van der Waals surface area contributed by atoms with Gasteiger partial charge in [-0.2, -0.15) is 23.6 Å². The molecule has 10 heteroatoms. The maximum atomic E-state index is 12.1. The number of hydrogen-bond donors (Lipinski definition) is 2. The zero-order chi connectivity index (χ0) is 16.0. The van der Waals surface area contributed by atoms with Crippen molar-refractivity contribution in [1.82, 2.24) is 20.6 Å². The molecule has 0 aliphatic carbocycles. The first-order chi connectivity index (χ1) is 10.5. The molecular weight excluding hydrogens is 301 g/mol. The third-order valence-electron chi connectivity index (χ3n) is 2.33. The lowest BCUT2D eigenvalue weighted by molar-refractivity contribution is -0.153. The number of nitrogens with one attached hydrogen (secondary N) is 2. The Balaban J connectivity index is 2.06. The summed E-state index contributed by atoms with van der Waals surface area (Å²) in [7, 11) is 0. The van der Waals surface area contributed by atoms with Gasteiger partial charge in [-0.3, -0.25) is 0 Å². The molecule has 1 heterocycles. The molecule has 0 fully saturated rings. The standard InChI is InChI=1S/C12H9F3N6O/c13-12(14,15)7-22-10-3-1-2-9(4-10)17-6-8(5-16)11-18-20-21-19-11/h1-4,6,17H,7H2,(H,18,19,20,21). The molecule has 22 heavy (non-hydrogen) atoms. The molecule has 7 nitrogen and oxygen atoms in total. The predicted octanol–water partition coefficient (Wildman–Crippen LogP) is 2.12. The second kappa shape index (κ2) is 6.57. The zero-order valence-corrected chi connectivity index (χ0v) is 10.9. The van der Waals surface area contributed by atoms with Gasteiger partial charge in [0.2, 0.25) is 5.82 Å². The third-order valence-corrected chi connectivity index (χ3v) is 2.33. The monoisotopic (exact) mass is 310 g/mol. The molecule has 0 spiro atoms. The molecule has 2 aromatic rings. The average Bonchev–Trinajstić information content (AvgIpc) is 3.00. The fourth-order valence-corrected chi connectivity index (χ4v) is 1.42. The van der Waals surface area contributed by atoms with Crippen LogP contribution in [0.3, 0.4) is 0 Å². The minimum atomic E-state index is -4.41. The number of aromatic amines is 1. The number of nitriles is 1. The van der Waals surface area contributed by atoms with Gasteiger partial charge in [-0.25, -0.2) is 0 Å². The minimum Gasteiger partial charge on any atom is -0.484 e. The van der Waals surface area contributed by atoms with Crippen molar-refractivity contribution in [2.75, 3.05) is 11.9 Å². The van der Waals surface area contributed by atoms with Crippen molar-refractivity contribution in [3.05, 3.63) is 36.3 Å². The zero-order valence-electron chi connectivity index (χ0n) is 10.9. The van der Waals surface area contributed by atoms with E-state index in [1.54, 1.807) is 6.07 Å². The molecule has 2 N–H and O–H groups in total. The Morgan fingerprint density at radius 1 is 1.45 bits per heavy atom. The van der Waals surface area contributed by atoms with Gasteiger partial charge in [0.1, 0.15) is 17.4 Å². The van der Waals surface area contributed by atoms with Crippen LogP contribution in [0.5, 0.6) is 5.75 Å². The van der Waals surface area contributed by atoms with Crippen molar-refractivity contribution in [1.29, 1.82) is 5.26 Å². The summed E-state index contributed by atoms with van der Waals surface area (Å²) in [5.74, 6) is 0.147. The summed E-state index contributed by atoms with van der Waals surface area (Å²) in [4.78, 5) is 0. The van der Waals surface area contributed by atoms with Gasteiger partial charge in [-0.1, -0.05) is 6.07 Å². The Bertz CT molecular complexity index is 690. The first-order valence-corrected chi connectivity index (χ1v) is 5.88. The molecule has 0 aliphatic heterocycles. The molecule has 114 valence electrons. The van der Waals surface area contributed by atoms with E-state index in [1.807, 2.05) is 6.07 Å². The van der Waals surface area contributed by atoms with Gasteiger partial charge in [0.15, 0.2) is 6.61 Å². The van der Waals surface area contributed by atoms with Crippen LogP contribution in [0, 0.1) is 11.3 Å². The first-order valence-electron chi connectivity index (χ1n) is 5.88. The number of ether oxygens (including phenoxy) is 1. The van der Waals surface area contributed by atoms with Gasteiger partial charge in [-0.05, 0) is 17.3 Å². The highest BCUT2D eigenvalue weighted by atomic mass is 19.4. The van der Waals surface area contributed by atoms with E-state index in [9.17, 15) is 13.2 Å². The minimum absolute atomic E-state index is 0.0498. The average molecular weight is 310 g/mol. The first kappa shape index (κ1) is 15.3. The lowest BCUT2D eigenvalue weighted by Crippen LogP contribution is -2.19. The maximum absolute atomic E-state index is 12.1. The Labute approximate surface area is 122 Å². The second-order valence-corrected chi connectivity index (χ2v) is 3.98. The van der Waals surface area contributed by atoms with Gasteiger partial charge in [0.25, 0.3) is 0 Å². The normalized spacial score (nSPS) is 11.8. The lowest BCUT2D eigenvalue weighted by atomic mass is 10.2. The van der Waals surface area contributed by atoms with Crippen molar-refractivity contribution in [3.63, 3.8) is 0 Å². The van der Waals surface area contributed by atoms with E-state index in [2.05, 4.69) is 30.7 Å². The smallest absolute Gasteiger partial charge is 0.422 e. The highest BCUT2D eigenvalue weighted by Gasteiger charge is 2.28. The van der Waals surface area contributed by atoms with Crippen LogP contribution in [0.1, 0.15) is 5.82 Å². The quantitative estimate of drug-likeness (QED) is 0.821. The number of hydrogen-bond acceptors (Lipinski definition) is 6. The molecule has 1 aromatic carbocycles. The van der Waals surface area contributed by atoms with E-state index < -0.39 is 12.8 Å². The largest absolute Gasteiger partial charge is 0.484 e. The molecule has 0 atom stereocenters. The Kier molecular flexibility index (Phi) is 4.57. The number of allylic oxidation sites excluding steroid dienone is 1. The summed E-state index contributed by atoms with van der Waals surface area (Å²) in [6, 6.07) is 7.75. The van der Waals surface area contributed by atoms with Crippen molar-refractivity contribution in [2.45, 2.75) is 6.18 Å². The maximum Gasteiger partial charge on any atom is 0.422 e. The van der Waals surface area contributed by atoms with Gasteiger partial charge in [0, 0.05) is 18.0 Å². The lowest BCUT2D eigenvalue weighted by Gasteiger charge is -2.10. The fourth-order valence-electron chi connectivity index (χ4n) is 1.42. The van der Waals surface area contributed by atoms with Gasteiger partial charge in [0.05, 0.1) is 0 Å². The number of aromatic nitrogens is 4. The number of H-pyrrole nitrogens is 1. The van der Waals surface area contributed by atoms with E-state index in [0.29, 0.717) is 5.69 Å². The van der Waals surface area contributed by atoms with Gasteiger partial charge >= 0.3 is 6.18 Å². The number of benzene rings is 1. The summed E-state index contributed by atoms with van der Waals surface area (Å²) in [6.45, 7) is -1.38. The van der Waals surface area contributed by atoms with Crippen LogP contribution in [0.25, 0.3) is 5.57 Å². The van der Waals surface area contributed by atoms with Crippen molar-refractivity contribution >= 4 is 11.3 Å². The number of alkyl halides is 3. The molecule has 2 rings (SSSR count). The molecule has 0 saturated heterocycles. The molecule has 0 radical (unpaired) electrons. The molecule has 0 aliphatic rings. The van der Waals surface area contributed by atoms with Crippen LogP contribution in [-0.2, 0) is 0 Å². The molecule has 1 aromatic heterocycles. The number of tetrazole rings is 1. The second-order valence-electron chi connectivity index (χ2n) is 3.98. The van der Waals surface area contributed by atoms with E-state index in [4.69, 9.17) is 5.26 Å². The SMILES string of the molecule is N#CC(=CNc1cccc(OCC(F)(F)F)c1)c1nn[nH]n1. The highest BCUT2D eigenvalue weighted by Crippen LogP contribution is 2.21. The van der Waals surface area contributed by atoms with Crippen molar-refractivity contribution in [2.24, 2.45) is 0 Å². The number of anilines is 1. The predicted molar refractivity (Wildman–Crippen MR) is 69.4 cm³/mol. The summed E-state index contributed by atoms with van der Waals surface area (Å²) < 4.78 is 40.9. The molecule has 0 bridgehead atoms. The Morgan fingerprint density at radius 3 is 2.91 bits per heavy atom. The number of rotatable bonds is 5. The van der Waals surface area contributed by atoms with Crippen LogP contribution in [-0.4, -0.2) is 33.4 Å². The topological polar surface area (TPSA) is 99.5 Å². The molecular formula is C12H9F3N6O. The third kappa shape index (κ3) is 4.48. The number of nitrogens with zero attached hydrogens (tertiary/aromatic N) is 4. The van der Waals surface area contributed by atoms with Crippen molar-refractivity contribution < 1.29 is 17.9 Å². The van der Waals surface area contributed by atoms with Crippen LogP contribution in [0.4, 0.5) is 18.9 Å². The van der Waals surface area contributed by atoms with Crippen molar-refractivity contribution in [3.8, 4) is 11.8 Å².